The van der Waals surface area contributed by atoms with E-state index in [9.17, 15) is 14.7 Å². The number of carbonyl (C=O) groups is 2. The van der Waals surface area contributed by atoms with Crippen LogP contribution in [-0.4, -0.2) is 48.0 Å². The zero-order chi connectivity index (χ0) is 24.0. The van der Waals surface area contributed by atoms with Crippen LogP contribution in [0.4, 0.5) is 0 Å². The lowest BCUT2D eigenvalue weighted by molar-refractivity contribution is -0.183. The fourth-order valence-corrected chi connectivity index (χ4v) is 9.31. The maximum Gasteiger partial charge on any atom is 0.322 e. The van der Waals surface area contributed by atoms with E-state index in [4.69, 9.17) is 9.84 Å². The van der Waals surface area contributed by atoms with Gasteiger partial charge in [-0.25, -0.2) is 0 Å². The molecule has 4 rings (SSSR count). The van der Waals surface area contributed by atoms with E-state index in [1.54, 1.807) is 0 Å². The van der Waals surface area contributed by atoms with Crippen LogP contribution in [0.3, 0.4) is 0 Å². The summed E-state index contributed by atoms with van der Waals surface area (Å²) < 4.78 is 6.28. The van der Waals surface area contributed by atoms with Gasteiger partial charge in [-0.3, -0.25) is 9.59 Å². The minimum absolute atomic E-state index is 0.115. The van der Waals surface area contributed by atoms with Gasteiger partial charge in [-0.1, -0.05) is 20.8 Å². The normalized spacial score (nSPS) is 45.4. The van der Waals surface area contributed by atoms with Crippen molar-refractivity contribution in [2.45, 2.75) is 97.2 Å². The van der Waals surface area contributed by atoms with Gasteiger partial charge < -0.3 is 20.3 Å². The van der Waals surface area contributed by atoms with E-state index in [1.807, 2.05) is 7.11 Å². The van der Waals surface area contributed by atoms with E-state index in [2.05, 4.69) is 26.1 Å². The lowest BCUT2D eigenvalue weighted by atomic mass is 9.43. The molecule has 0 unspecified atom stereocenters. The summed E-state index contributed by atoms with van der Waals surface area (Å²) >= 11 is 0. The molecule has 0 bridgehead atoms. The average molecular weight is 464 g/mol. The first-order chi connectivity index (χ1) is 15.6. The third kappa shape index (κ3) is 4.35. The molecule has 6 heteroatoms. The maximum absolute atomic E-state index is 12.1. The van der Waals surface area contributed by atoms with E-state index >= 15 is 0 Å². The third-order valence-corrected chi connectivity index (χ3v) is 11.0. The van der Waals surface area contributed by atoms with Crippen LogP contribution in [0.25, 0.3) is 0 Å². The number of carboxylic acid groups (broad SMARTS) is 1. The number of aliphatic carboxylic acids is 1. The van der Waals surface area contributed by atoms with Crippen LogP contribution >= 0.6 is 0 Å². The van der Waals surface area contributed by atoms with Gasteiger partial charge in [0.2, 0.25) is 5.91 Å². The summed E-state index contributed by atoms with van der Waals surface area (Å²) in [4.78, 5) is 22.8. The molecule has 4 fully saturated rings. The highest BCUT2D eigenvalue weighted by Gasteiger charge is 2.64. The zero-order valence-electron chi connectivity index (χ0n) is 21.0. The van der Waals surface area contributed by atoms with Crippen molar-refractivity contribution >= 4 is 11.9 Å². The molecule has 4 aliphatic rings. The van der Waals surface area contributed by atoms with Crippen molar-refractivity contribution in [2.24, 2.45) is 46.3 Å². The van der Waals surface area contributed by atoms with E-state index < -0.39 is 5.97 Å². The Morgan fingerprint density at radius 2 is 1.85 bits per heavy atom. The van der Waals surface area contributed by atoms with Crippen LogP contribution < -0.4 is 5.32 Å². The second kappa shape index (κ2) is 9.49. The smallest absolute Gasteiger partial charge is 0.322 e. The quantitative estimate of drug-likeness (QED) is 0.525. The first-order valence-corrected chi connectivity index (χ1v) is 13.3. The van der Waals surface area contributed by atoms with Crippen molar-refractivity contribution in [2.75, 3.05) is 13.7 Å². The number of fused-ring (bicyclic) bond motifs is 5. The summed E-state index contributed by atoms with van der Waals surface area (Å²) in [5.41, 5.74) is 0.455. The van der Waals surface area contributed by atoms with Gasteiger partial charge in [-0.15, -0.1) is 0 Å². The van der Waals surface area contributed by atoms with Crippen molar-refractivity contribution in [1.29, 1.82) is 0 Å². The Balaban J connectivity index is 1.48. The van der Waals surface area contributed by atoms with Gasteiger partial charge >= 0.3 is 5.97 Å². The average Bonchev–Trinajstić information content (AvgIpc) is 3.14. The number of rotatable bonds is 7. The van der Waals surface area contributed by atoms with E-state index in [0.29, 0.717) is 41.4 Å². The van der Waals surface area contributed by atoms with Crippen LogP contribution in [-0.2, 0) is 14.3 Å². The summed E-state index contributed by atoms with van der Waals surface area (Å²) in [6, 6.07) is 0. The number of ether oxygens (including phenoxy) is 1. The van der Waals surface area contributed by atoms with E-state index in [-0.39, 0.29) is 30.1 Å². The standard InChI is InChI=1S/C27H45NO5/c1-16(5-10-24(30)28-15-25(31)32)20-8-9-21-19-7-6-17-13-18(29)11-12-26(17,2)22(19)14-23(33-4)27(20,21)3/h16-23,29H,5-15H2,1-4H3,(H,28,30)(H,31,32)/t16-,17-,18-,19+,20-,21+,22+,23+,26+,27-/m1/s1. The monoisotopic (exact) mass is 463 g/mol. The second-order valence-electron chi connectivity index (χ2n) is 12.3. The molecule has 6 nitrogen and oxygen atoms in total. The molecule has 10 atom stereocenters. The molecule has 0 aromatic rings. The lowest BCUT2D eigenvalue weighted by Gasteiger charge is -2.63. The highest BCUT2D eigenvalue weighted by molar-refractivity contribution is 5.81. The second-order valence-corrected chi connectivity index (χ2v) is 12.3. The zero-order valence-corrected chi connectivity index (χ0v) is 21.0. The molecule has 3 N–H and O–H groups in total. The third-order valence-electron chi connectivity index (χ3n) is 11.0. The number of hydrogen-bond donors (Lipinski definition) is 3. The van der Waals surface area contributed by atoms with E-state index in [0.717, 1.165) is 38.0 Å². The van der Waals surface area contributed by atoms with Gasteiger partial charge in [0, 0.05) is 13.5 Å². The Morgan fingerprint density at radius 1 is 1.09 bits per heavy atom. The fourth-order valence-electron chi connectivity index (χ4n) is 9.31. The molecule has 0 spiro atoms. The topological polar surface area (TPSA) is 95.9 Å². The molecule has 33 heavy (non-hydrogen) atoms. The Labute approximate surface area is 199 Å². The van der Waals surface area contributed by atoms with Gasteiger partial charge in [0.05, 0.1) is 12.2 Å². The van der Waals surface area contributed by atoms with E-state index in [1.165, 1.54) is 25.7 Å². The summed E-state index contributed by atoms with van der Waals surface area (Å²) in [5.74, 6) is 2.50. The Morgan fingerprint density at radius 3 is 2.55 bits per heavy atom. The summed E-state index contributed by atoms with van der Waals surface area (Å²) in [6.07, 6.45) is 10.5. The predicted octanol–water partition coefficient (Wildman–Crippen LogP) is 4.25. The molecule has 0 radical (unpaired) electrons. The molecule has 4 aliphatic carbocycles. The molecule has 188 valence electrons. The number of carbonyl (C=O) groups excluding carboxylic acids is 1. The Hall–Kier alpha value is -1.14. The Bertz CT molecular complexity index is 742. The van der Waals surface area contributed by atoms with Gasteiger partial charge in [-0.05, 0) is 104 Å². The molecule has 0 saturated heterocycles. The lowest BCUT2D eigenvalue weighted by Crippen LogP contribution is -2.59. The van der Waals surface area contributed by atoms with Crippen LogP contribution in [0.15, 0.2) is 0 Å². The van der Waals surface area contributed by atoms with Gasteiger partial charge in [0.25, 0.3) is 0 Å². The fraction of sp³-hybridized carbons (Fsp3) is 0.926. The highest BCUT2D eigenvalue weighted by atomic mass is 16.5. The Kier molecular flexibility index (Phi) is 7.18. The first kappa shape index (κ1) is 25.0. The summed E-state index contributed by atoms with van der Waals surface area (Å²) in [6.45, 7) is 6.96. The molecular weight excluding hydrogens is 418 g/mol. The minimum Gasteiger partial charge on any atom is -0.480 e. The number of aliphatic hydroxyl groups is 1. The number of hydrogen-bond acceptors (Lipinski definition) is 4. The van der Waals surface area contributed by atoms with Gasteiger partial charge in [-0.2, -0.15) is 0 Å². The van der Waals surface area contributed by atoms with Gasteiger partial charge in [0.1, 0.15) is 6.54 Å². The van der Waals surface area contributed by atoms with Crippen molar-refractivity contribution < 1.29 is 24.5 Å². The minimum atomic E-state index is -1.00. The van der Waals surface area contributed by atoms with Crippen LogP contribution in [0.1, 0.15) is 85.0 Å². The predicted molar refractivity (Wildman–Crippen MR) is 126 cm³/mol. The maximum atomic E-state index is 12.1. The van der Waals surface area contributed by atoms with Crippen LogP contribution in [0.5, 0.6) is 0 Å². The van der Waals surface area contributed by atoms with Crippen molar-refractivity contribution in [3.8, 4) is 0 Å². The molecule has 4 saturated carbocycles. The van der Waals surface area contributed by atoms with Crippen molar-refractivity contribution in [3.63, 3.8) is 0 Å². The summed E-state index contributed by atoms with van der Waals surface area (Å²) in [5, 5.41) is 21.6. The molecule has 0 aliphatic heterocycles. The van der Waals surface area contributed by atoms with Gasteiger partial charge in [0.15, 0.2) is 0 Å². The van der Waals surface area contributed by atoms with Crippen molar-refractivity contribution in [3.05, 3.63) is 0 Å². The SMILES string of the molecule is CO[C@H]1C[C@H]2[C@@H](CC[C@@H]3C[C@H](O)CC[C@@]32C)[C@@H]2CC[C@H]([C@H](C)CCC(=O)NCC(=O)O)[C@@]12C. The number of nitrogens with one attached hydrogen (secondary N) is 1. The number of amides is 1. The number of carboxylic acids is 1. The first-order valence-electron chi connectivity index (χ1n) is 13.3. The summed E-state index contributed by atoms with van der Waals surface area (Å²) in [7, 11) is 1.89. The molecular formula is C27H45NO5. The molecule has 0 aromatic carbocycles. The van der Waals surface area contributed by atoms with Crippen molar-refractivity contribution in [1.82, 2.24) is 5.32 Å². The highest BCUT2D eigenvalue weighted by Crippen LogP contribution is 2.68. The molecule has 0 heterocycles. The largest absolute Gasteiger partial charge is 0.480 e. The van der Waals surface area contributed by atoms with Crippen LogP contribution in [0, 0.1) is 46.3 Å². The number of aliphatic hydroxyl groups excluding tert-OH is 1. The van der Waals surface area contributed by atoms with Crippen LogP contribution in [0.2, 0.25) is 0 Å². The number of methoxy groups -OCH3 is 1. The molecule has 1 amide bonds. The molecule has 0 aromatic heterocycles.